The second-order valence-electron chi connectivity index (χ2n) is 7.42. The smallest absolute Gasteiger partial charge is 0.263 e. The van der Waals surface area contributed by atoms with Gasteiger partial charge in [0.25, 0.3) is 11.8 Å². The number of fused-ring (bicyclic) bond motifs is 1. The number of amides is 2. The molecule has 0 N–H and O–H groups in total. The maximum Gasteiger partial charge on any atom is 0.263 e. The lowest BCUT2D eigenvalue weighted by molar-refractivity contribution is -0.123. The molecular formula is C21H18N6O3. The Morgan fingerprint density at radius 2 is 1.60 bits per heavy atom. The van der Waals surface area contributed by atoms with E-state index in [1.54, 1.807) is 12.1 Å². The van der Waals surface area contributed by atoms with Gasteiger partial charge in [-0.2, -0.15) is 10.1 Å². The van der Waals surface area contributed by atoms with E-state index in [-0.39, 0.29) is 18.4 Å². The molecule has 9 heteroatoms. The number of hydrogen-bond acceptors (Lipinski definition) is 8. The summed E-state index contributed by atoms with van der Waals surface area (Å²) in [5.74, 6) is -0.00453. The Kier molecular flexibility index (Phi) is 4.16. The van der Waals surface area contributed by atoms with Gasteiger partial charge in [0.2, 0.25) is 11.7 Å². The average molecular weight is 402 g/mol. The highest BCUT2D eigenvalue weighted by molar-refractivity contribution is 6.25. The van der Waals surface area contributed by atoms with Gasteiger partial charge in [-0.25, -0.2) is 4.90 Å². The van der Waals surface area contributed by atoms with Crippen LogP contribution in [-0.4, -0.2) is 39.0 Å². The van der Waals surface area contributed by atoms with Crippen molar-refractivity contribution in [2.75, 3.05) is 4.90 Å². The van der Waals surface area contributed by atoms with Crippen molar-refractivity contribution in [2.24, 2.45) is 10.3 Å². The van der Waals surface area contributed by atoms with Gasteiger partial charge in [-0.05, 0) is 26.0 Å². The van der Waals surface area contributed by atoms with Crippen molar-refractivity contribution in [3.05, 3.63) is 65.5 Å². The van der Waals surface area contributed by atoms with E-state index in [9.17, 15) is 9.59 Å². The summed E-state index contributed by atoms with van der Waals surface area (Å²) in [6.07, 6.45) is 0. The molecule has 0 bridgehead atoms. The number of nitrogens with zero attached hydrogens (tertiary/aromatic N) is 6. The summed E-state index contributed by atoms with van der Waals surface area (Å²) < 4.78 is 5.33. The van der Waals surface area contributed by atoms with Crippen molar-refractivity contribution in [1.82, 2.24) is 15.1 Å². The highest BCUT2D eigenvalue weighted by Gasteiger charge is 2.55. The first kappa shape index (κ1) is 18.2. The molecule has 3 heterocycles. The van der Waals surface area contributed by atoms with Crippen LogP contribution in [0, 0.1) is 13.8 Å². The van der Waals surface area contributed by atoms with Crippen LogP contribution in [0.2, 0.25) is 0 Å². The number of carbonyl (C=O) groups excluding carboxylic acids is 2. The zero-order valence-corrected chi connectivity index (χ0v) is 16.4. The van der Waals surface area contributed by atoms with Gasteiger partial charge in [-0.3, -0.25) is 14.6 Å². The van der Waals surface area contributed by atoms with Crippen LogP contribution < -0.4 is 4.90 Å². The molecule has 2 aliphatic heterocycles. The first-order valence-electron chi connectivity index (χ1n) is 9.53. The highest BCUT2D eigenvalue weighted by atomic mass is 16.5. The summed E-state index contributed by atoms with van der Waals surface area (Å²) in [5.41, 5.74) is 3.53. The maximum atomic E-state index is 13.0. The number of benzene rings is 2. The second-order valence-corrected chi connectivity index (χ2v) is 7.42. The summed E-state index contributed by atoms with van der Waals surface area (Å²) in [4.78, 5) is 31.3. The molecule has 2 aliphatic rings. The molecular weight excluding hydrogens is 384 g/mol. The third-order valence-corrected chi connectivity index (χ3v) is 5.23. The topological polar surface area (TPSA) is 104 Å². The van der Waals surface area contributed by atoms with Crippen LogP contribution in [0.1, 0.15) is 17.0 Å². The fraction of sp³-hybridized carbons (Fsp3) is 0.238. The van der Waals surface area contributed by atoms with Crippen LogP contribution >= 0.6 is 0 Å². The number of hydrogen-bond donors (Lipinski definition) is 0. The largest absolute Gasteiger partial charge is 0.337 e. The van der Waals surface area contributed by atoms with Gasteiger partial charge in [0.05, 0.1) is 5.69 Å². The van der Waals surface area contributed by atoms with Crippen molar-refractivity contribution in [3.8, 4) is 11.4 Å². The van der Waals surface area contributed by atoms with E-state index in [2.05, 4.69) is 20.5 Å². The molecule has 0 unspecified atom stereocenters. The number of aryl methyl sites for hydroxylation is 2. The van der Waals surface area contributed by atoms with Gasteiger partial charge >= 0.3 is 0 Å². The molecule has 1 fully saturated rings. The molecule has 0 spiro atoms. The van der Waals surface area contributed by atoms with Gasteiger partial charge in [0.1, 0.15) is 6.54 Å². The molecule has 1 aromatic heterocycles. The van der Waals surface area contributed by atoms with Gasteiger partial charge in [0, 0.05) is 5.56 Å². The Balaban J connectivity index is 1.36. The third-order valence-electron chi connectivity index (χ3n) is 5.23. The van der Waals surface area contributed by atoms with Crippen LogP contribution in [0.4, 0.5) is 5.69 Å². The van der Waals surface area contributed by atoms with E-state index in [0.717, 1.165) is 16.7 Å². The molecule has 0 aliphatic carbocycles. The Labute approximate surface area is 172 Å². The lowest BCUT2D eigenvalue weighted by atomic mass is 10.1. The first-order valence-corrected chi connectivity index (χ1v) is 9.53. The fourth-order valence-corrected chi connectivity index (χ4v) is 3.58. The van der Waals surface area contributed by atoms with E-state index in [0.29, 0.717) is 17.4 Å². The van der Waals surface area contributed by atoms with E-state index in [1.807, 2.05) is 50.2 Å². The monoisotopic (exact) mass is 402 g/mol. The van der Waals surface area contributed by atoms with Crippen molar-refractivity contribution in [2.45, 2.75) is 32.5 Å². The number of aromatic nitrogens is 2. The number of imide groups is 1. The summed E-state index contributed by atoms with van der Waals surface area (Å²) >= 11 is 0. The van der Waals surface area contributed by atoms with Gasteiger partial charge < -0.3 is 4.52 Å². The Morgan fingerprint density at radius 3 is 2.30 bits per heavy atom. The predicted octanol–water partition coefficient (Wildman–Crippen LogP) is 2.85. The molecule has 30 heavy (non-hydrogen) atoms. The van der Waals surface area contributed by atoms with Crippen LogP contribution in [0.25, 0.3) is 11.4 Å². The maximum absolute atomic E-state index is 13.0. The van der Waals surface area contributed by atoms with Crippen molar-refractivity contribution in [1.29, 1.82) is 0 Å². The number of anilines is 1. The molecule has 1 saturated heterocycles. The first-order chi connectivity index (χ1) is 14.5. The summed E-state index contributed by atoms with van der Waals surface area (Å²) in [7, 11) is 0. The van der Waals surface area contributed by atoms with Crippen LogP contribution in [0.15, 0.2) is 63.4 Å². The molecule has 0 radical (unpaired) electrons. The molecule has 150 valence electrons. The van der Waals surface area contributed by atoms with E-state index >= 15 is 0 Å². The van der Waals surface area contributed by atoms with E-state index < -0.39 is 12.1 Å². The molecule has 3 aromatic rings. The van der Waals surface area contributed by atoms with Gasteiger partial charge in [-0.1, -0.05) is 57.9 Å². The van der Waals surface area contributed by atoms with Crippen LogP contribution in [0.3, 0.4) is 0 Å². The minimum absolute atomic E-state index is 0.0876. The molecule has 0 saturated carbocycles. The summed E-state index contributed by atoms with van der Waals surface area (Å²) in [6, 6.07) is 13.3. The lowest BCUT2D eigenvalue weighted by Gasteiger charge is -2.19. The van der Waals surface area contributed by atoms with E-state index in [1.165, 1.54) is 9.91 Å². The van der Waals surface area contributed by atoms with Crippen molar-refractivity contribution in [3.63, 3.8) is 0 Å². The van der Waals surface area contributed by atoms with Crippen LogP contribution in [-0.2, 0) is 16.1 Å². The highest BCUT2D eigenvalue weighted by Crippen LogP contribution is 2.32. The molecule has 2 amide bonds. The Morgan fingerprint density at radius 1 is 0.933 bits per heavy atom. The minimum Gasteiger partial charge on any atom is -0.337 e. The normalized spacial score (nSPS) is 20.3. The molecule has 2 aromatic carbocycles. The van der Waals surface area contributed by atoms with Crippen molar-refractivity contribution < 1.29 is 14.1 Å². The van der Waals surface area contributed by atoms with E-state index in [4.69, 9.17) is 4.52 Å². The number of rotatable bonds is 4. The lowest BCUT2D eigenvalue weighted by Crippen LogP contribution is -2.39. The van der Waals surface area contributed by atoms with Crippen molar-refractivity contribution >= 4 is 17.5 Å². The summed E-state index contributed by atoms with van der Waals surface area (Å²) in [6.45, 7) is 4.03. The van der Waals surface area contributed by atoms with Gasteiger partial charge in [0.15, 0.2) is 12.1 Å². The third kappa shape index (κ3) is 2.95. The quantitative estimate of drug-likeness (QED) is 0.622. The standard InChI is InChI=1S/C21H18N6O3/c1-12-3-7-14(8-4-12)19-22-16(30-24-19)11-26-18-17(23-25-26)20(28)27(21(18)29)15-9-5-13(2)6-10-15/h3-10,17-18H,11H2,1-2H3/t17-,18+/m1/s1. The van der Waals surface area contributed by atoms with Gasteiger partial charge in [-0.15, -0.1) is 0 Å². The fourth-order valence-electron chi connectivity index (χ4n) is 3.58. The molecule has 9 nitrogen and oxygen atoms in total. The SMILES string of the molecule is Cc1ccc(-c2noc(CN3N=N[C@H]4C(=O)N(c5ccc(C)cc5)C(=O)[C@H]43)n2)cc1. The summed E-state index contributed by atoms with van der Waals surface area (Å²) in [5, 5.41) is 13.5. The number of carbonyl (C=O) groups is 2. The zero-order valence-electron chi connectivity index (χ0n) is 16.4. The Bertz CT molecular complexity index is 1150. The van der Waals surface area contributed by atoms with Crippen LogP contribution in [0.5, 0.6) is 0 Å². The Hall–Kier alpha value is -3.88. The molecule has 5 rings (SSSR count). The zero-order chi connectivity index (χ0) is 20.8. The minimum atomic E-state index is -0.863. The predicted molar refractivity (Wildman–Crippen MR) is 106 cm³/mol. The second kappa shape index (κ2) is 6.87. The average Bonchev–Trinajstić information content (AvgIpc) is 3.43. The molecule has 2 atom stereocenters.